The second kappa shape index (κ2) is 9.38. The average molecular weight is 389 g/mol. The number of amides is 1. The number of imidazole rings is 1. The van der Waals surface area contributed by atoms with Gasteiger partial charge in [-0.1, -0.05) is 12.1 Å². The number of nitrogens with one attached hydrogen (secondary N) is 2. The summed E-state index contributed by atoms with van der Waals surface area (Å²) in [5.41, 5.74) is 2.04. The highest BCUT2D eigenvalue weighted by Gasteiger charge is 2.25. The minimum absolute atomic E-state index is 0. The third-order valence-corrected chi connectivity index (χ3v) is 4.11. The molecule has 8 heteroatoms. The number of carbonyl (C=O) groups is 1. The molecule has 1 saturated heterocycles. The summed E-state index contributed by atoms with van der Waals surface area (Å²) in [6.45, 7) is 8.13. The Kier molecular flexibility index (Phi) is 8.15. The number of halogens is 2. The number of morpholine rings is 1. The first kappa shape index (κ1) is 21.7. The van der Waals surface area contributed by atoms with Gasteiger partial charge in [-0.3, -0.25) is 4.79 Å². The van der Waals surface area contributed by atoms with Crippen LogP contribution in [0.2, 0.25) is 0 Å². The van der Waals surface area contributed by atoms with Crippen molar-refractivity contribution < 1.29 is 9.53 Å². The van der Waals surface area contributed by atoms with E-state index in [1.54, 1.807) is 0 Å². The molecule has 0 radical (unpaired) electrons. The summed E-state index contributed by atoms with van der Waals surface area (Å²) in [7, 11) is 0. The van der Waals surface area contributed by atoms with E-state index in [0.717, 1.165) is 23.4 Å². The SMILES string of the molecule is CC(NC(=O)C1CNCCO1)c1nc2ccccc2n1C(C)C.Cl.Cl. The topological polar surface area (TPSA) is 68.2 Å². The third kappa shape index (κ3) is 4.64. The molecule has 1 aromatic carbocycles. The van der Waals surface area contributed by atoms with Gasteiger partial charge in [0.05, 0.1) is 23.7 Å². The van der Waals surface area contributed by atoms with Crippen molar-refractivity contribution in [3.63, 3.8) is 0 Å². The summed E-state index contributed by atoms with van der Waals surface area (Å²) in [6.07, 6.45) is -0.428. The summed E-state index contributed by atoms with van der Waals surface area (Å²) in [5.74, 6) is 0.783. The van der Waals surface area contributed by atoms with E-state index < -0.39 is 6.10 Å². The van der Waals surface area contributed by atoms with Crippen molar-refractivity contribution >= 4 is 41.8 Å². The van der Waals surface area contributed by atoms with E-state index >= 15 is 0 Å². The van der Waals surface area contributed by atoms with E-state index in [0.29, 0.717) is 13.2 Å². The molecule has 6 nitrogen and oxygen atoms in total. The Balaban J connectivity index is 0.00000156. The Labute approximate surface area is 160 Å². The number of benzene rings is 1. The number of para-hydroxylation sites is 2. The summed E-state index contributed by atoms with van der Waals surface area (Å²) in [5, 5.41) is 6.21. The minimum Gasteiger partial charge on any atom is -0.366 e. The molecule has 1 amide bonds. The van der Waals surface area contributed by atoms with Crippen LogP contribution in [0.4, 0.5) is 0 Å². The normalized spacial score (nSPS) is 18.3. The molecule has 25 heavy (non-hydrogen) atoms. The van der Waals surface area contributed by atoms with Gasteiger partial charge in [-0.25, -0.2) is 4.98 Å². The predicted molar refractivity (Wildman–Crippen MR) is 104 cm³/mol. The van der Waals surface area contributed by atoms with E-state index in [2.05, 4.69) is 35.1 Å². The summed E-state index contributed by atoms with van der Waals surface area (Å²) >= 11 is 0. The Morgan fingerprint density at radius 2 is 2.04 bits per heavy atom. The number of carbonyl (C=O) groups excluding carboxylic acids is 1. The molecule has 0 bridgehead atoms. The first-order valence-electron chi connectivity index (χ1n) is 8.17. The van der Waals surface area contributed by atoms with E-state index in [-0.39, 0.29) is 42.8 Å². The molecule has 1 aromatic heterocycles. The number of fused-ring (bicyclic) bond motifs is 1. The van der Waals surface area contributed by atoms with Gasteiger partial charge in [0, 0.05) is 19.1 Å². The van der Waals surface area contributed by atoms with Gasteiger partial charge >= 0.3 is 0 Å². The number of aromatic nitrogens is 2. The first-order valence-corrected chi connectivity index (χ1v) is 8.17. The van der Waals surface area contributed by atoms with E-state index in [4.69, 9.17) is 9.72 Å². The van der Waals surface area contributed by atoms with Crippen molar-refractivity contribution in [2.24, 2.45) is 0 Å². The Morgan fingerprint density at radius 3 is 2.68 bits per heavy atom. The lowest BCUT2D eigenvalue weighted by atomic mass is 10.2. The molecule has 1 aliphatic heterocycles. The van der Waals surface area contributed by atoms with E-state index in [1.165, 1.54) is 0 Å². The molecule has 2 N–H and O–H groups in total. The van der Waals surface area contributed by atoms with Gasteiger partial charge in [-0.05, 0) is 32.9 Å². The van der Waals surface area contributed by atoms with Crippen LogP contribution in [0.25, 0.3) is 11.0 Å². The van der Waals surface area contributed by atoms with Crippen LogP contribution in [0.1, 0.15) is 38.7 Å². The molecule has 2 aromatic rings. The molecule has 2 atom stereocenters. The maximum absolute atomic E-state index is 12.4. The van der Waals surface area contributed by atoms with Crippen molar-refractivity contribution in [2.75, 3.05) is 19.7 Å². The molecular weight excluding hydrogens is 363 g/mol. The molecule has 1 aliphatic rings. The van der Waals surface area contributed by atoms with Gasteiger partial charge in [0.2, 0.25) is 0 Å². The maximum Gasteiger partial charge on any atom is 0.251 e. The first-order chi connectivity index (χ1) is 11.1. The van der Waals surface area contributed by atoms with Gasteiger partial charge in [-0.15, -0.1) is 24.8 Å². The minimum atomic E-state index is -0.428. The second-order valence-corrected chi connectivity index (χ2v) is 6.22. The van der Waals surface area contributed by atoms with Crippen molar-refractivity contribution in [3.05, 3.63) is 30.1 Å². The van der Waals surface area contributed by atoms with Gasteiger partial charge in [0.1, 0.15) is 11.9 Å². The Morgan fingerprint density at radius 1 is 1.32 bits per heavy atom. The number of hydrogen-bond donors (Lipinski definition) is 2. The standard InChI is InChI=1S/C17H24N4O2.2ClH/c1-11(2)21-14-7-5-4-6-13(14)20-16(21)12(3)19-17(22)15-10-18-8-9-23-15;;/h4-7,11-12,15,18H,8-10H2,1-3H3,(H,19,22);2*1H. The molecule has 2 heterocycles. The average Bonchev–Trinajstić information content (AvgIpc) is 2.95. The quantitative estimate of drug-likeness (QED) is 0.844. The lowest BCUT2D eigenvalue weighted by Gasteiger charge is -2.25. The third-order valence-electron chi connectivity index (χ3n) is 4.11. The van der Waals surface area contributed by atoms with Crippen LogP contribution in [0.5, 0.6) is 0 Å². The Bertz CT molecular complexity index is 699. The summed E-state index contributed by atoms with van der Waals surface area (Å²) in [4.78, 5) is 17.1. The molecule has 3 rings (SSSR count). The van der Waals surface area contributed by atoms with E-state index in [1.807, 2.05) is 25.1 Å². The molecule has 0 aliphatic carbocycles. The maximum atomic E-state index is 12.4. The number of nitrogens with zero attached hydrogens (tertiary/aromatic N) is 2. The fourth-order valence-electron chi connectivity index (χ4n) is 3.02. The fourth-order valence-corrected chi connectivity index (χ4v) is 3.02. The predicted octanol–water partition coefficient (Wildman–Crippen LogP) is 2.63. The highest BCUT2D eigenvalue weighted by atomic mass is 35.5. The lowest BCUT2D eigenvalue weighted by molar-refractivity contribution is -0.135. The zero-order chi connectivity index (χ0) is 16.4. The lowest BCUT2D eigenvalue weighted by Crippen LogP contribution is -2.48. The fraction of sp³-hybridized carbons (Fsp3) is 0.529. The molecular formula is C17H26Cl2N4O2. The van der Waals surface area contributed by atoms with Gasteiger partial charge in [-0.2, -0.15) is 0 Å². The van der Waals surface area contributed by atoms with Crippen LogP contribution in [0, 0.1) is 0 Å². The zero-order valence-electron chi connectivity index (χ0n) is 14.7. The Hall–Kier alpha value is -1.34. The van der Waals surface area contributed by atoms with Gasteiger partial charge in [0.15, 0.2) is 0 Å². The van der Waals surface area contributed by atoms with Crippen LogP contribution in [-0.2, 0) is 9.53 Å². The van der Waals surface area contributed by atoms with Crippen LogP contribution in [-0.4, -0.2) is 41.3 Å². The smallest absolute Gasteiger partial charge is 0.251 e. The highest BCUT2D eigenvalue weighted by molar-refractivity contribution is 5.85. The van der Waals surface area contributed by atoms with Crippen LogP contribution in [0.3, 0.4) is 0 Å². The van der Waals surface area contributed by atoms with E-state index in [9.17, 15) is 4.79 Å². The highest BCUT2D eigenvalue weighted by Crippen LogP contribution is 2.24. The van der Waals surface area contributed by atoms with Crippen molar-refractivity contribution in [1.29, 1.82) is 0 Å². The van der Waals surface area contributed by atoms with Crippen molar-refractivity contribution in [1.82, 2.24) is 20.2 Å². The second-order valence-electron chi connectivity index (χ2n) is 6.22. The van der Waals surface area contributed by atoms with Crippen molar-refractivity contribution in [3.8, 4) is 0 Å². The number of hydrogen-bond acceptors (Lipinski definition) is 4. The molecule has 140 valence electrons. The van der Waals surface area contributed by atoms with Gasteiger partial charge in [0.25, 0.3) is 5.91 Å². The molecule has 2 unspecified atom stereocenters. The van der Waals surface area contributed by atoms with Crippen molar-refractivity contribution in [2.45, 2.75) is 39.0 Å². The van der Waals surface area contributed by atoms with Crippen LogP contribution >= 0.6 is 24.8 Å². The summed E-state index contributed by atoms with van der Waals surface area (Å²) < 4.78 is 7.69. The zero-order valence-corrected chi connectivity index (χ0v) is 16.3. The summed E-state index contributed by atoms with van der Waals surface area (Å²) in [6, 6.07) is 8.15. The molecule has 1 fully saturated rings. The largest absolute Gasteiger partial charge is 0.366 e. The molecule has 0 saturated carbocycles. The van der Waals surface area contributed by atoms with Crippen LogP contribution in [0.15, 0.2) is 24.3 Å². The van der Waals surface area contributed by atoms with Gasteiger partial charge < -0.3 is 19.9 Å². The van der Waals surface area contributed by atoms with Crippen LogP contribution < -0.4 is 10.6 Å². The number of ether oxygens (including phenoxy) is 1. The molecule has 0 spiro atoms. The monoisotopic (exact) mass is 388 g/mol. The number of rotatable bonds is 4.